The highest BCUT2D eigenvalue weighted by Gasteiger charge is 2.19. The summed E-state index contributed by atoms with van der Waals surface area (Å²) in [7, 11) is 0. The van der Waals surface area contributed by atoms with Crippen LogP contribution in [-0.2, 0) is 0 Å². The summed E-state index contributed by atoms with van der Waals surface area (Å²) in [5.41, 5.74) is 2.11. The van der Waals surface area contributed by atoms with E-state index in [0.717, 1.165) is 35.4 Å². The molecule has 1 heterocycles. The summed E-state index contributed by atoms with van der Waals surface area (Å²) in [6.07, 6.45) is 5.14. The fraction of sp³-hybridized carbons (Fsp3) is 0.250. The summed E-state index contributed by atoms with van der Waals surface area (Å²) in [6, 6.07) is 20.8. The standard InChI is InChI=1S/C20H19NO/c1-2-8-15(9-3-1)19-14-16-10-4-7-13-18(16)20(21-19)22-17-11-5-6-12-17/h1-4,7-10,13-14,17H,5-6,11-12H2. The van der Waals surface area contributed by atoms with E-state index in [1.807, 2.05) is 24.3 Å². The number of benzene rings is 2. The van der Waals surface area contributed by atoms with E-state index >= 15 is 0 Å². The average molecular weight is 289 g/mol. The van der Waals surface area contributed by atoms with Crippen LogP contribution in [0.5, 0.6) is 5.88 Å². The van der Waals surface area contributed by atoms with Crippen molar-refractivity contribution in [1.82, 2.24) is 4.98 Å². The van der Waals surface area contributed by atoms with Gasteiger partial charge in [-0.15, -0.1) is 0 Å². The molecule has 1 fully saturated rings. The van der Waals surface area contributed by atoms with Crippen LogP contribution in [0.1, 0.15) is 25.7 Å². The Balaban J connectivity index is 1.82. The number of hydrogen-bond acceptors (Lipinski definition) is 2. The smallest absolute Gasteiger partial charge is 0.222 e. The molecule has 0 unspecified atom stereocenters. The largest absolute Gasteiger partial charge is 0.474 e. The lowest BCUT2D eigenvalue weighted by Gasteiger charge is -2.15. The minimum absolute atomic E-state index is 0.321. The number of nitrogens with zero attached hydrogens (tertiary/aromatic N) is 1. The number of pyridine rings is 1. The Morgan fingerprint density at radius 1 is 0.864 bits per heavy atom. The number of hydrogen-bond donors (Lipinski definition) is 0. The molecule has 2 heteroatoms. The molecule has 1 aliphatic carbocycles. The summed E-state index contributed by atoms with van der Waals surface area (Å²) in [5.74, 6) is 0.781. The molecule has 2 aromatic carbocycles. The SMILES string of the molecule is c1ccc(-c2cc3ccccc3c(OC3CCCC3)n2)cc1. The number of fused-ring (bicyclic) bond motifs is 1. The fourth-order valence-electron chi connectivity index (χ4n) is 3.18. The summed E-state index contributed by atoms with van der Waals surface area (Å²) in [5, 5.41) is 2.29. The Kier molecular flexibility index (Phi) is 3.51. The Morgan fingerprint density at radius 3 is 2.41 bits per heavy atom. The first kappa shape index (κ1) is 13.3. The minimum Gasteiger partial charge on any atom is -0.474 e. The lowest BCUT2D eigenvalue weighted by Crippen LogP contribution is -2.12. The Bertz CT molecular complexity index is 776. The van der Waals surface area contributed by atoms with Gasteiger partial charge >= 0.3 is 0 Å². The van der Waals surface area contributed by atoms with Crippen molar-refractivity contribution in [1.29, 1.82) is 0 Å². The molecule has 0 N–H and O–H groups in total. The zero-order valence-corrected chi connectivity index (χ0v) is 12.5. The van der Waals surface area contributed by atoms with Gasteiger partial charge in [-0.3, -0.25) is 0 Å². The zero-order valence-electron chi connectivity index (χ0n) is 12.5. The van der Waals surface area contributed by atoms with E-state index in [1.54, 1.807) is 0 Å². The molecule has 0 aliphatic heterocycles. The summed E-state index contributed by atoms with van der Waals surface area (Å²) in [6.45, 7) is 0. The van der Waals surface area contributed by atoms with Crippen LogP contribution in [0.3, 0.4) is 0 Å². The van der Waals surface area contributed by atoms with Crippen LogP contribution in [-0.4, -0.2) is 11.1 Å². The molecule has 0 amide bonds. The molecule has 1 saturated carbocycles. The third-order valence-corrected chi connectivity index (χ3v) is 4.36. The van der Waals surface area contributed by atoms with Crippen LogP contribution in [0.2, 0.25) is 0 Å². The van der Waals surface area contributed by atoms with Crippen molar-refractivity contribution in [2.45, 2.75) is 31.8 Å². The monoisotopic (exact) mass is 289 g/mol. The van der Waals surface area contributed by atoms with Gasteiger partial charge in [-0.25, -0.2) is 4.98 Å². The van der Waals surface area contributed by atoms with E-state index in [2.05, 4.69) is 36.4 Å². The van der Waals surface area contributed by atoms with Crippen LogP contribution in [0, 0.1) is 0 Å². The van der Waals surface area contributed by atoms with E-state index < -0.39 is 0 Å². The van der Waals surface area contributed by atoms with Crippen LogP contribution >= 0.6 is 0 Å². The highest BCUT2D eigenvalue weighted by Crippen LogP contribution is 2.32. The van der Waals surface area contributed by atoms with Gasteiger partial charge in [-0.05, 0) is 43.2 Å². The molecule has 1 aromatic heterocycles. The van der Waals surface area contributed by atoms with Gasteiger partial charge in [0.05, 0.1) is 5.69 Å². The topological polar surface area (TPSA) is 22.1 Å². The van der Waals surface area contributed by atoms with Crippen LogP contribution in [0.4, 0.5) is 0 Å². The molecule has 110 valence electrons. The van der Waals surface area contributed by atoms with Crippen molar-refractivity contribution in [3.8, 4) is 17.1 Å². The Hall–Kier alpha value is -2.35. The number of rotatable bonds is 3. The number of aromatic nitrogens is 1. The van der Waals surface area contributed by atoms with Crippen LogP contribution in [0.15, 0.2) is 60.7 Å². The maximum absolute atomic E-state index is 6.24. The third kappa shape index (κ3) is 2.57. The van der Waals surface area contributed by atoms with Gasteiger partial charge in [0.15, 0.2) is 0 Å². The predicted octanol–water partition coefficient (Wildman–Crippen LogP) is 5.22. The Labute approximate surface area is 130 Å². The zero-order chi connectivity index (χ0) is 14.8. The van der Waals surface area contributed by atoms with Gasteiger partial charge in [-0.2, -0.15) is 0 Å². The van der Waals surface area contributed by atoms with Crippen LogP contribution in [0.25, 0.3) is 22.0 Å². The van der Waals surface area contributed by atoms with Gasteiger partial charge in [0.1, 0.15) is 6.10 Å². The second kappa shape index (κ2) is 5.80. The molecule has 3 aromatic rings. The lowest BCUT2D eigenvalue weighted by atomic mass is 10.1. The first-order valence-electron chi connectivity index (χ1n) is 8.02. The maximum Gasteiger partial charge on any atom is 0.222 e. The van der Waals surface area contributed by atoms with Crippen LogP contribution < -0.4 is 4.74 Å². The van der Waals surface area contributed by atoms with Crippen molar-refractivity contribution in [2.75, 3.05) is 0 Å². The number of ether oxygens (including phenoxy) is 1. The molecule has 22 heavy (non-hydrogen) atoms. The van der Waals surface area contributed by atoms with Gasteiger partial charge in [0, 0.05) is 10.9 Å². The predicted molar refractivity (Wildman–Crippen MR) is 90.1 cm³/mol. The molecule has 0 saturated heterocycles. The quantitative estimate of drug-likeness (QED) is 0.659. The third-order valence-electron chi connectivity index (χ3n) is 4.36. The molecule has 0 atom stereocenters. The molecule has 0 radical (unpaired) electrons. The molecule has 0 bridgehead atoms. The molecule has 1 aliphatic rings. The molecule has 0 spiro atoms. The van der Waals surface area contributed by atoms with Crippen molar-refractivity contribution in [3.05, 3.63) is 60.7 Å². The van der Waals surface area contributed by atoms with Gasteiger partial charge in [0.2, 0.25) is 5.88 Å². The first-order chi connectivity index (χ1) is 10.9. The van der Waals surface area contributed by atoms with Gasteiger partial charge in [-0.1, -0.05) is 48.5 Å². The fourth-order valence-corrected chi connectivity index (χ4v) is 3.18. The van der Waals surface area contributed by atoms with Gasteiger partial charge in [0.25, 0.3) is 0 Å². The molecular formula is C20H19NO. The second-order valence-corrected chi connectivity index (χ2v) is 5.92. The normalized spacial score (nSPS) is 15.3. The van der Waals surface area contributed by atoms with Crippen molar-refractivity contribution in [2.24, 2.45) is 0 Å². The average Bonchev–Trinajstić information content (AvgIpc) is 3.09. The van der Waals surface area contributed by atoms with Crippen molar-refractivity contribution in [3.63, 3.8) is 0 Å². The minimum atomic E-state index is 0.321. The van der Waals surface area contributed by atoms with E-state index in [0.29, 0.717) is 6.10 Å². The van der Waals surface area contributed by atoms with E-state index in [-0.39, 0.29) is 0 Å². The molecule has 4 rings (SSSR count). The second-order valence-electron chi connectivity index (χ2n) is 5.92. The van der Waals surface area contributed by atoms with E-state index in [1.165, 1.54) is 18.2 Å². The van der Waals surface area contributed by atoms with E-state index in [9.17, 15) is 0 Å². The summed E-state index contributed by atoms with van der Waals surface area (Å²) in [4.78, 5) is 4.81. The summed E-state index contributed by atoms with van der Waals surface area (Å²) < 4.78 is 6.24. The van der Waals surface area contributed by atoms with Gasteiger partial charge < -0.3 is 4.74 Å². The molecular weight excluding hydrogens is 270 g/mol. The Morgan fingerprint density at radius 2 is 1.59 bits per heavy atom. The first-order valence-corrected chi connectivity index (χ1v) is 8.02. The maximum atomic E-state index is 6.24. The van der Waals surface area contributed by atoms with Crippen molar-refractivity contribution >= 4 is 10.8 Å². The highest BCUT2D eigenvalue weighted by molar-refractivity contribution is 5.90. The summed E-state index contributed by atoms with van der Waals surface area (Å²) >= 11 is 0. The lowest BCUT2D eigenvalue weighted by molar-refractivity contribution is 0.204. The molecule has 2 nitrogen and oxygen atoms in total. The van der Waals surface area contributed by atoms with Crippen molar-refractivity contribution < 1.29 is 4.74 Å². The van der Waals surface area contributed by atoms with E-state index in [4.69, 9.17) is 9.72 Å². The highest BCUT2D eigenvalue weighted by atomic mass is 16.5.